The summed E-state index contributed by atoms with van der Waals surface area (Å²) >= 11 is 0. The Labute approximate surface area is 168 Å². The van der Waals surface area contributed by atoms with Crippen LogP contribution in [-0.2, 0) is 17.6 Å². The van der Waals surface area contributed by atoms with Crippen LogP contribution in [0.15, 0.2) is 53.1 Å². The molecule has 0 spiro atoms. The first kappa shape index (κ1) is 19.1. The van der Waals surface area contributed by atoms with Crippen molar-refractivity contribution in [1.29, 1.82) is 0 Å². The molecule has 4 rings (SSSR count). The molecule has 1 amide bonds. The van der Waals surface area contributed by atoms with Gasteiger partial charge in [0, 0.05) is 25.1 Å². The number of rotatable bonds is 6. The maximum atomic E-state index is 13.3. The highest BCUT2D eigenvalue weighted by Crippen LogP contribution is 2.24. The lowest BCUT2D eigenvalue weighted by Crippen LogP contribution is -2.30. The molecule has 29 heavy (non-hydrogen) atoms. The van der Waals surface area contributed by atoms with Crippen LogP contribution in [0.2, 0.25) is 0 Å². The number of amides is 1. The van der Waals surface area contributed by atoms with Gasteiger partial charge in [0.05, 0.1) is 13.5 Å². The maximum Gasteiger partial charge on any atom is 0.257 e. The van der Waals surface area contributed by atoms with E-state index >= 15 is 0 Å². The first-order valence-electron chi connectivity index (χ1n) is 9.60. The number of carbonyl (C=O) groups excluding carboxylic acids is 1. The largest absolute Gasteiger partial charge is 0.497 e. The summed E-state index contributed by atoms with van der Waals surface area (Å²) < 4.78 is 23.8. The molecule has 7 heteroatoms. The number of carbonyl (C=O) groups is 1. The number of likely N-dealkylation sites (tertiary alicyclic amines) is 1. The third-order valence-corrected chi connectivity index (χ3v) is 5.16. The van der Waals surface area contributed by atoms with E-state index in [1.807, 2.05) is 29.2 Å². The Morgan fingerprint density at radius 1 is 1.28 bits per heavy atom. The molecule has 1 aromatic heterocycles. The molecule has 3 aromatic rings. The van der Waals surface area contributed by atoms with Gasteiger partial charge in [-0.3, -0.25) is 4.79 Å². The summed E-state index contributed by atoms with van der Waals surface area (Å²) in [5.41, 5.74) is 1.53. The predicted octanol–water partition coefficient (Wildman–Crippen LogP) is 3.52. The lowest BCUT2D eigenvalue weighted by Gasteiger charge is -2.16. The predicted molar refractivity (Wildman–Crippen MR) is 105 cm³/mol. The fraction of sp³-hybridized carbons (Fsp3) is 0.318. The van der Waals surface area contributed by atoms with Gasteiger partial charge in [-0.2, -0.15) is 4.98 Å². The van der Waals surface area contributed by atoms with Crippen molar-refractivity contribution in [2.75, 3.05) is 20.2 Å². The smallest absolute Gasteiger partial charge is 0.257 e. The topological polar surface area (TPSA) is 68.5 Å². The van der Waals surface area contributed by atoms with Crippen LogP contribution in [-0.4, -0.2) is 41.1 Å². The molecule has 0 aliphatic carbocycles. The number of hydrogen-bond donors (Lipinski definition) is 0. The van der Waals surface area contributed by atoms with Gasteiger partial charge in [-0.1, -0.05) is 17.3 Å². The van der Waals surface area contributed by atoms with Gasteiger partial charge in [-0.15, -0.1) is 0 Å². The van der Waals surface area contributed by atoms with Gasteiger partial charge in [0.15, 0.2) is 5.82 Å². The van der Waals surface area contributed by atoms with Crippen LogP contribution in [0.5, 0.6) is 5.75 Å². The first-order valence-corrected chi connectivity index (χ1v) is 9.60. The Morgan fingerprint density at radius 2 is 2.10 bits per heavy atom. The average Bonchev–Trinajstić information content (AvgIpc) is 3.38. The fourth-order valence-corrected chi connectivity index (χ4v) is 3.61. The van der Waals surface area contributed by atoms with Crippen molar-refractivity contribution in [2.24, 2.45) is 5.92 Å². The third kappa shape index (κ3) is 4.62. The summed E-state index contributed by atoms with van der Waals surface area (Å²) in [6, 6.07) is 13.6. The van der Waals surface area contributed by atoms with Gasteiger partial charge < -0.3 is 14.2 Å². The number of benzene rings is 2. The molecule has 1 aliphatic rings. The van der Waals surface area contributed by atoms with Crippen LogP contribution in [0.4, 0.5) is 4.39 Å². The molecule has 150 valence electrons. The molecule has 1 aliphatic heterocycles. The number of ether oxygens (including phenoxy) is 1. The molecular weight excluding hydrogens is 373 g/mol. The zero-order valence-electron chi connectivity index (χ0n) is 16.2. The normalized spacial score (nSPS) is 16.2. The van der Waals surface area contributed by atoms with Gasteiger partial charge in [0.1, 0.15) is 11.6 Å². The molecule has 0 radical (unpaired) electrons. The second kappa shape index (κ2) is 8.43. The number of aromatic nitrogens is 2. The summed E-state index contributed by atoms with van der Waals surface area (Å²) in [7, 11) is 1.62. The van der Waals surface area contributed by atoms with Crippen molar-refractivity contribution in [2.45, 2.75) is 19.3 Å². The Morgan fingerprint density at radius 3 is 2.86 bits per heavy atom. The number of methoxy groups -OCH3 is 1. The van der Waals surface area contributed by atoms with Crippen molar-refractivity contribution in [3.63, 3.8) is 0 Å². The van der Waals surface area contributed by atoms with E-state index in [1.165, 1.54) is 12.1 Å². The van der Waals surface area contributed by atoms with Crippen LogP contribution in [0.1, 0.15) is 17.8 Å². The molecule has 2 heterocycles. The molecule has 6 nitrogen and oxygen atoms in total. The zero-order valence-corrected chi connectivity index (χ0v) is 16.2. The summed E-state index contributed by atoms with van der Waals surface area (Å²) in [5.74, 6) is 1.86. The standard InChI is InChI=1S/C22H22FN3O3/c1-28-19-7-5-17(6-8-19)22-24-20(25-29-22)12-16-9-10-26(14-16)21(27)13-15-3-2-4-18(23)11-15/h2-8,11,16H,9-10,12-14H2,1H3. The van der Waals surface area contributed by atoms with Crippen LogP contribution >= 0.6 is 0 Å². The second-order valence-corrected chi connectivity index (χ2v) is 7.25. The molecule has 1 saturated heterocycles. The molecule has 1 fully saturated rings. The molecule has 0 N–H and O–H groups in total. The SMILES string of the molecule is COc1ccc(-c2nc(CC3CCN(C(=O)Cc4cccc(F)c4)C3)no2)cc1. The average molecular weight is 395 g/mol. The molecule has 1 unspecified atom stereocenters. The number of halogens is 1. The van der Waals surface area contributed by atoms with E-state index in [-0.39, 0.29) is 24.1 Å². The molecule has 2 aromatic carbocycles. The van der Waals surface area contributed by atoms with Crippen molar-refractivity contribution in [3.8, 4) is 17.2 Å². The highest BCUT2D eigenvalue weighted by atomic mass is 19.1. The van der Waals surface area contributed by atoms with Crippen LogP contribution in [0, 0.1) is 11.7 Å². The Balaban J connectivity index is 1.33. The minimum Gasteiger partial charge on any atom is -0.497 e. The van der Waals surface area contributed by atoms with Crippen molar-refractivity contribution >= 4 is 5.91 Å². The highest BCUT2D eigenvalue weighted by Gasteiger charge is 2.27. The van der Waals surface area contributed by atoms with Gasteiger partial charge in [-0.05, 0) is 54.3 Å². The Bertz CT molecular complexity index is 987. The van der Waals surface area contributed by atoms with E-state index in [9.17, 15) is 9.18 Å². The molecule has 0 saturated carbocycles. The van der Waals surface area contributed by atoms with E-state index in [2.05, 4.69) is 10.1 Å². The van der Waals surface area contributed by atoms with Gasteiger partial charge in [0.2, 0.25) is 5.91 Å². The number of hydrogen-bond acceptors (Lipinski definition) is 5. The summed E-state index contributed by atoms with van der Waals surface area (Å²) in [6.07, 6.45) is 1.76. The number of nitrogens with zero attached hydrogens (tertiary/aromatic N) is 3. The Kier molecular flexibility index (Phi) is 5.55. The van der Waals surface area contributed by atoms with Gasteiger partial charge >= 0.3 is 0 Å². The Hall–Kier alpha value is -3.22. The summed E-state index contributed by atoms with van der Waals surface area (Å²) in [6.45, 7) is 1.35. The van der Waals surface area contributed by atoms with E-state index in [0.717, 1.165) is 17.7 Å². The highest BCUT2D eigenvalue weighted by molar-refractivity contribution is 5.79. The fourth-order valence-electron chi connectivity index (χ4n) is 3.61. The van der Waals surface area contributed by atoms with E-state index in [1.54, 1.807) is 19.2 Å². The van der Waals surface area contributed by atoms with Crippen molar-refractivity contribution in [3.05, 3.63) is 65.7 Å². The van der Waals surface area contributed by atoms with Gasteiger partial charge in [-0.25, -0.2) is 4.39 Å². The van der Waals surface area contributed by atoms with E-state index in [4.69, 9.17) is 9.26 Å². The van der Waals surface area contributed by atoms with E-state index in [0.29, 0.717) is 36.8 Å². The molecule has 1 atom stereocenters. The van der Waals surface area contributed by atoms with E-state index < -0.39 is 0 Å². The molecular formula is C22H22FN3O3. The first-order chi connectivity index (χ1) is 14.1. The monoisotopic (exact) mass is 395 g/mol. The quantitative estimate of drug-likeness (QED) is 0.639. The van der Waals surface area contributed by atoms with Crippen LogP contribution < -0.4 is 4.74 Å². The second-order valence-electron chi connectivity index (χ2n) is 7.25. The maximum absolute atomic E-state index is 13.3. The molecule has 0 bridgehead atoms. The minimum atomic E-state index is -0.320. The summed E-state index contributed by atoms with van der Waals surface area (Å²) in [5, 5.41) is 4.08. The zero-order chi connectivity index (χ0) is 20.2. The minimum absolute atomic E-state index is 0.0186. The van der Waals surface area contributed by atoms with Crippen LogP contribution in [0.25, 0.3) is 11.5 Å². The summed E-state index contributed by atoms with van der Waals surface area (Å²) in [4.78, 5) is 18.8. The van der Waals surface area contributed by atoms with Crippen molar-refractivity contribution < 1.29 is 18.4 Å². The lowest BCUT2D eigenvalue weighted by molar-refractivity contribution is -0.129. The van der Waals surface area contributed by atoms with Crippen LogP contribution in [0.3, 0.4) is 0 Å². The van der Waals surface area contributed by atoms with Crippen molar-refractivity contribution in [1.82, 2.24) is 15.0 Å². The lowest BCUT2D eigenvalue weighted by atomic mass is 10.0. The van der Waals surface area contributed by atoms with Gasteiger partial charge in [0.25, 0.3) is 5.89 Å². The third-order valence-electron chi connectivity index (χ3n) is 5.16.